The van der Waals surface area contributed by atoms with Gasteiger partial charge >= 0.3 is 0 Å². The topological polar surface area (TPSA) is 43.1 Å². The highest BCUT2D eigenvalue weighted by atomic mass is 19.1. The number of nitrogens with two attached hydrogens (primary N) is 1. The predicted molar refractivity (Wildman–Crippen MR) is 70.0 cm³/mol. The number of rotatable bonds is 2. The number of carbonyl (C=O) groups excluding carboxylic acids is 1. The lowest BCUT2D eigenvalue weighted by molar-refractivity contribution is 0.0810. The van der Waals surface area contributed by atoms with E-state index in [4.69, 9.17) is 5.73 Å². The summed E-state index contributed by atoms with van der Waals surface area (Å²) in [5, 5.41) is 0. The van der Waals surface area contributed by atoms with Gasteiger partial charge in [0.15, 0.2) is 5.78 Å². The van der Waals surface area contributed by atoms with Crippen molar-refractivity contribution in [2.24, 2.45) is 11.7 Å². The van der Waals surface area contributed by atoms with Crippen LogP contribution in [-0.4, -0.2) is 11.3 Å². The minimum atomic E-state index is -1.13. The van der Waals surface area contributed by atoms with Crippen LogP contribution in [0.4, 0.5) is 8.78 Å². The third-order valence-electron chi connectivity index (χ3n) is 4.00. The van der Waals surface area contributed by atoms with Crippen molar-refractivity contribution >= 4 is 5.78 Å². The fraction of sp³-hybridized carbons (Fsp3) is 0.533. The number of Topliss-reactive ketones (excluding diaryl/α,β-unsaturated/α-hetero) is 1. The SMILES string of the molecule is Cc1ccc(F)c(C(=O)C2(N)CCCC(C)C2)c1F. The molecule has 0 aliphatic heterocycles. The average Bonchev–Trinajstić information content (AvgIpc) is 2.34. The molecule has 2 unspecified atom stereocenters. The fourth-order valence-corrected chi connectivity index (χ4v) is 2.91. The average molecular weight is 267 g/mol. The van der Waals surface area contributed by atoms with Crippen molar-refractivity contribution in [2.45, 2.75) is 45.1 Å². The molecule has 0 amide bonds. The summed E-state index contributed by atoms with van der Waals surface area (Å²) in [5.41, 5.74) is 4.78. The van der Waals surface area contributed by atoms with Gasteiger partial charge in [-0.1, -0.05) is 25.8 Å². The van der Waals surface area contributed by atoms with E-state index in [0.29, 0.717) is 18.8 Å². The van der Waals surface area contributed by atoms with E-state index in [1.807, 2.05) is 6.92 Å². The smallest absolute Gasteiger partial charge is 0.188 e. The second kappa shape index (κ2) is 5.00. The molecule has 1 aliphatic rings. The fourth-order valence-electron chi connectivity index (χ4n) is 2.91. The highest BCUT2D eigenvalue weighted by Crippen LogP contribution is 2.34. The number of aryl methyl sites for hydroxylation is 1. The number of ketones is 1. The van der Waals surface area contributed by atoms with E-state index in [-0.39, 0.29) is 5.56 Å². The first kappa shape index (κ1) is 14.1. The van der Waals surface area contributed by atoms with E-state index >= 15 is 0 Å². The van der Waals surface area contributed by atoms with Crippen LogP contribution in [-0.2, 0) is 0 Å². The minimum absolute atomic E-state index is 0.261. The molecule has 1 aromatic carbocycles. The molecule has 4 heteroatoms. The standard InChI is InChI=1S/C15H19F2NO/c1-9-4-3-7-15(18,8-9)14(19)12-11(16)6-5-10(2)13(12)17/h5-6,9H,3-4,7-8,18H2,1-2H3. The van der Waals surface area contributed by atoms with Crippen LogP contribution in [0, 0.1) is 24.5 Å². The van der Waals surface area contributed by atoms with Gasteiger partial charge in [0.2, 0.25) is 0 Å². The zero-order valence-corrected chi connectivity index (χ0v) is 11.3. The van der Waals surface area contributed by atoms with Gasteiger partial charge in [0.25, 0.3) is 0 Å². The van der Waals surface area contributed by atoms with E-state index in [0.717, 1.165) is 18.9 Å². The molecule has 2 rings (SSSR count). The molecule has 2 nitrogen and oxygen atoms in total. The Morgan fingerprint density at radius 1 is 1.42 bits per heavy atom. The molecule has 1 aliphatic carbocycles. The van der Waals surface area contributed by atoms with Gasteiger partial charge in [0, 0.05) is 0 Å². The first-order valence-electron chi connectivity index (χ1n) is 6.63. The molecule has 0 radical (unpaired) electrons. The molecular formula is C15H19F2NO. The molecule has 1 fully saturated rings. The van der Waals surface area contributed by atoms with Gasteiger partial charge in [0.1, 0.15) is 11.6 Å². The lowest BCUT2D eigenvalue weighted by Crippen LogP contribution is -2.51. The number of hydrogen-bond donors (Lipinski definition) is 1. The third kappa shape index (κ3) is 2.54. The van der Waals surface area contributed by atoms with Crippen molar-refractivity contribution in [2.75, 3.05) is 0 Å². The number of hydrogen-bond acceptors (Lipinski definition) is 2. The van der Waals surface area contributed by atoms with Gasteiger partial charge in [-0.15, -0.1) is 0 Å². The van der Waals surface area contributed by atoms with Crippen LogP contribution in [0.2, 0.25) is 0 Å². The summed E-state index contributed by atoms with van der Waals surface area (Å²) in [5.74, 6) is -1.90. The molecule has 0 saturated heterocycles. The van der Waals surface area contributed by atoms with Crippen molar-refractivity contribution in [1.29, 1.82) is 0 Å². The van der Waals surface area contributed by atoms with E-state index in [9.17, 15) is 13.6 Å². The van der Waals surface area contributed by atoms with Crippen LogP contribution >= 0.6 is 0 Å². The molecule has 1 aromatic rings. The van der Waals surface area contributed by atoms with Gasteiger partial charge in [0.05, 0.1) is 11.1 Å². The van der Waals surface area contributed by atoms with E-state index in [1.165, 1.54) is 13.0 Å². The van der Waals surface area contributed by atoms with Crippen LogP contribution in [0.5, 0.6) is 0 Å². The minimum Gasteiger partial charge on any atom is -0.319 e. The summed E-state index contributed by atoms with van der Waals surface area (Å²) < 4.78 is 27.8. The van der Waals surface area contributed by atoms with E-state index in [1.54, 1.807) is 0 Å². The summed E-state index contributed by atoms with van der Waals surface area (Å²) in [4.78, 5) is 12.5. The normalized spacial score (nSPS) is 27.3. The van der Waals surface area contributed by atoms with Crippen LogP contribution in [0.1, 0.15) is 48.5 Å². The van der Waals surface area contributed by atoms with Crippen molar-refractivity contribution in [3.05, 3.63) is 34.9 Å². The Bertz CT molecular complexity index is 515. The summed E-state index contributed by atoms with van der Waals surface area (Å²) in [6.07, 6.45) is 2.80. The van der Waals surface area contributed by atoms with Crippen molar-refractivity contribution < 1.29 is 13.6 Å². The Morgan fingerprint density at radius 3 is 2.74 bits per heavy atom. The largest absolute Gasteiger partial charge is 0.319 e. The van der Waals surface area contributed by atoms with Crippen LogP contribution in [0.3, 0.4) is 0 Å². The molecular weight excluding hydrogens is 248 g/mol. The van der Waals surface area contributed by atoms with Crippen LogP contribution in [0.15, 0.2) is 12.1 Å². The highest BCUT2D eigenvalue weighted by Gasteiger charge is 2.40. The van der Waals surface area contributed by atoms with Gasteiger partial charge in [-0.25, -0.2) is 8.78 Å². The van der Waals surface area contributed by atoms with Crippen molar-refractivity contribution in [3.63, 3.8) is 0 Å². The van der Waals surface area contributed by atoms with Crippen LogP contribution < -0.4 is 5.73 Å². The maximum Gasteiger partial charge on any atom is 0.188 e. The number of benzene rings is 1. The monoisotopic (exact) mass is 267 g/mol. The van der Waals surface area contributed by atoms with Gasteiger partial charge in [-0.2, -0.15) is 0 Å². The molecule has 2 N–H and O–H groups in total. The lowest BCUT2D eigenvalue weighted by Gasteiger charge is -2.35. The Balaban J connectivity index is 2.42. The summed E-state index contributed by atoms with van der Waals surface area (Å²) in [6, 6.07) is 2.45. The zero-order valence-electron chi connectivity index (χ0n) is 11.3. The Hall–Kier alpha value is -1.29. The Kier molecular flexibility index (Phi) is 3.72. The predicted octanol–water partition coefficient (Wildman–Crippen LogP) is 3.36. The van der Waals surface area contributed by atoms with Gasteiger partial charge in [-0.3, -0.25) is 4.79 Å². The zero-order chi connectivity index (χ0) is 14.2. The Morgan fingerprint density at radius 2 is 2.11 bits per heavy atom. The molecule has 0 spiro atoms. The summed E-state index contributed by atoms with van der Waals surface area (Å²) in [6.45, 7) is 3.52. The van der Waals surface area contributed by atoms with Crippen LogP contribution in [0.25, 0.3) is 0 Å². The van der Waals surface area contributed by atoms with Crippen molar-refractivity contribution in [1.82, 2.24) is 0 Å². The molecule has 2 atom stereocenters. The molecule has 19 heavy (non-hydrogen) atoms. The molecule has 0 aromatic heterocycles. The first-order chi connectivity index (χ1) is 8.85. The van der Waals surface area contributed by atoms with Gasteiger partial charge in [-0.05, 0) is 37.3 Å². The van der Waals surface area contributed by atoms with E-state index < -0.39 is 28.5 Å². The summed E-state index contributed by atoms with van der Waals surface area (Å²) in [7, 11) is 0. The molecule has 0 bridgehead atoms. The second-order valence-electron chi connectivity index (χ2n) is 5.74. The quantitative estimate of drug-likeness (QED) is 0.835. The maximum atomic E-state index is 14.0. The molecule has 1 saturated carbocycles. The molecule has 0 heterocycles. The third-order valence-corrected chi connectivity index (χ3v) is 4.00. The lowest BCUT2D eigenvalue weighted by atomic mass is 9.73. The Labute approximate surface area is 112 Å². The summed E-state index contributed by atoms with van der Waals surface area (Å²) >= 11 is 0. The van der Waals surface area contributed by atoms with Crippen molar-refractivity contribution in [3.8, 4) is 0 Å². The highest BCUT2D eigenvalue weighted by molar-refractivity contribution is 6.03. The first-order valence-corrected chi connectivity index (χ1v) is 6.63. The van der Waals surface area contributed by atoms with Gasteiger partial charge < -0.3 is 5.73 Å². The second-order valence-corrected chi connectivity index (χ2v) is 5.74. The number of halogens is 2. The van der Waals surface area contributed by atoms with E-state index in [2.05, 4.69) is 0 Å². The molecule has 104 valence electrons. The maximum absolute atomic E-state index is 14.0. The number of carbonyl (C=O) groups is 1.